The lowest BCUT2D eigenvalue weighted by Crippen LogP contribution is -2.25. The number of benzene rings is 3. The van der Waals surface area contributed by atoms with Crippen LogP contribution in [-0.2, 0) is 10.2 Å². The zero-order valence-electron chi connectivity index (χ0n) is 15.9. The number of aromatic amines is 1. The smallest absolute Gasteiger partial charge is 0.244 e. The average Bonchev–Trinajstić information content (AvgIpc) is 3.43. The van der Waals surface area contributed by atoms with Gasteiger partial charge in [0.2, 0.25) is 5.91 Å². The fourth-order valence-electron chi connectivity index (χ4n) is 4.30. The van der Waals surface area contributed by atoms with Crippen molar-refractivity contribution in [3.05, 3.63) is 108 Å². The highest BCUT2D eigenvalue weighted by molar-refractivity contribution is 5.99. The molecule has 1 aliphatic rings. The van der Waals surface area contributed by atoms with Crippen LogP contribution < -0.4 is 5.43 Å². The van der Waals surface area contributed by atoms with Gasteiger partial charge in [-0.15, -0.1) is 0 Å². The van der Waals surface area contributed by atoms with E-state index in [1.165, 1.54) is 11.1 Å². The van der Waals surface area contributed by atoms with Gasteiger partial charge in [-0.05, 0) is 23.6 Å². The highest BCUT2D eigenvalue weighted by atomic mass is 16.2. The molecular weight excluding hydrogens is 358 g/mol. The summed E-state index contributed by atoms with van der Waals surface area (Å²) < 4.78 is 0. The van der Waals surface area contributed by atoms with E-state index < -0.39 is 0 Å². The molecule has 0 spiro atoms. The molecule has 5 rings (SSSR count). The third-order valence-electron chi connectivity index (χ3n) is 5.85. The molecule has 142 valence electrons. The van der Waals surface area contributed by atoms with Gasteiger partial charge in [-0.25, -0.2) is 5.43 Å². The SMILES string of the molecule is O=C(N/N=C\c1c[nH]c2ccccc12)[C@@H]1CC1(c1ccccc1)c1ccccc1. The number of carbonyl (C=O) groups excluding carboxylic acids is 1. The largest absolute Gasteiger partial charge is 0.361 e. The summed E-state index contributed by atoms with van der Waals surface area (Å²) in [5.74, 6) is -0.179. The van der Waals surface area contributed by atoms with E-state index in [1.807, 2.05) is 66.9 Å². The Labute approximate surface area is 169 Å². The Morgan fingerprint density at radius 1 is 0.931 bits per heavy atom. The van der Waals surface area contributed by atoms with E-state index in [0.717, 1.165) is 22.9 Å². The van der Waals surface area contributed by atoms with Crippen LogP contribution in [0.3, 0.4) is 0 Å². The van der Waals surface area contributed by atoms with E-state index in [2.05, 4.69) is 39.8 Å². The number of hydrazone groups is 1. The lowest BCUT2D eigenvalue weighted by atomic mass is 9.85. The van der Waals surface area contributed by atoms with E-state index in [1.54, 1.807) is 6.21 Å². The standard InChI is InChI=1S/C25H21N3O/c29-24(28-27-17-18-16-26-23-14-8-7-13-21(18)23)22-15-25(22,19-9-3-1-4-10-19)20-11-5-2-6-12-20/h1-14,16-17,22,26H,15H2,(H,28,29)/b27-17-/t22-/m0/s1. The lowest BCUT2D eigenvalue weighted by molar-refractivity contribution is -0.122. The summed E-state index contributed by atoms with van der Waals surface area (Å²) in [6.45, 7) is 0. The monoisotopic (exact) mass is 379 g/mol. The Hall–Kier alpha value is -3.66. The number of amides is 1. The van der Waals surface area contributed by atoms with Crippen molar-refractivity contribution < 1.29 is 4.79 Å². The predicted octanol–water partition coefficient (Wildman–Crippen LogP) is 4.62. The first kappa shape index (κ1) is 17.4. The molecule has 0 unspecified atom stereocenters. The topological polar surface area (TPSA) is 57.2 Å². The van der Waals surface area contributed by atoms with Crippen molar-refractivity contribution in [3.63, 3.8) is 0 Å². The quantitative estimate of drug-likeness (QED) is 0.386. The molecule has 4 nitrogen and oxygen atoms in total. The van der Waals surface area contributed by atoms with Crippen molar-refractivity contribution in [2.45, 2.75) is 11.8 Å². The predicted molar refractivity (Wildman–Crippen MR) is 116 cm³/mol. The molecule has 4 heteroatoms. The Morgan fingerprint density at radius 2 is 1.55 bits per heavy atom. The first-order chi connectivity index (χ1) is 14.3. The maximum atomic E-state index is 12.9. The zero-order chi connectivity index (χ0) is 19.7. The molecule has 1 amide bonds. The van der Waals surface area contributed by atoms with Gasteiger partial charge in [0.1, 0.15) is 0 Å². The molecule has 1 aromatic heterocycles. The maximum absolute atomic E-state index is 12.9. The summed E-state index contributed by atoms with van der Waals surface area (Å²) in [5, 5.41) is 5.32. The molecule has 1 aliphatic carbocycles. The summed E-state index contributed by atoms with van der Waals surface area (Å²) in [6, 6.07) is 28.6. The number of H-pyrrole nitrogens is 1. The van der Waals surface area contributed by atoms with Crippen molar-refractivity contribution in [2.75, 3.05) is 0 Å². The van der Waals surface area contributed by atoms with E-state index in [4.69, 9.17) is 0 Å². The van der Waals surface area contributed by atoms with Gasteiger partial charge >= 0.3 is 0 Å². The first-order valence-electron chi connectivity index (χ1n) is 9.79. The van der Waals surface area contributed by atoms with Crippen LogP contribution in [0.25, 0.3) is 10.9 Å². The van der Waals surface area contributed by atoms with Crippen LogP contribution in [-0.4, -0.2) is 17.1 Å². The number of nitrogens with one attached hydrogen (secondary N) is 2. The molecule has 0 bridgehead atoms. The van der Waals surface area contributed by atoms with Crippen LogP contribution in [0.1, 0.15) is 23.1 Å². The minimum Gasteiger partial charge on any atom is -0.361 e. The Kier molecular flexibility index (Phi) is 4.24. The van der Waals surface area contributed by atoms with Crippen LogP contribution >= 0.6 is 0 Å². The van der Waals surface area contributed by atoms with Crippen LogP contribution in [0.15, 0.2) is 96.2 Å². The number of nitrogens with zero attached hydrogens (tertiary/aromatic N) is 1. The number of hydrogen-bond donors (Lipinski definition) is 2. The van der Waals surface area contributed by atoms with Crippen LogP contribution in [0.4, 0.5) is 0 Å². The van der Waals surface area contributed by atoms with Crippen molar-refractivity contribution >= 4 is 23.0 Å². The van der Waals surface area contributed by atoms with Gasteiger partial charge in [-0.3, -0.25) is 4.79 Å². The van der Waals surface area contributed by atoms with Crippen molar-refractivity contribution in [1.29, 1.82) is 0 Å². The Balaban J connectivity index is 1.37. The fourth-order valence-corrected chi connectivity index (χ4v) is 4.30. The minimum absolute atomic E-state index is 0.0474. The second-order valence-electron chi connectivity index (χ2n) is 7.48. The van der Waals surface area contributed by atoms with E-state index in [0.29, 0.717) is 0 Å². The molecule has 3 aromatic carbocycles. The van der Waals surface area contributed by atoms with Crippen LogP contribution in [0.2, 0.25) is 0 Å². The summed E-state index contributed by atoms with van der Waals surface area (Å²) in [6.07, 6.45) is 4.39. The minimum atomic E-state index is -0.275. The molecule has 1 saturated carbocycles. The highest BCUT2D eigenvalue weighted by Crippen LogP contribution is 2.58. The highest BCUT2D eigenvalue weighted by Gasteiger charge is 2.60. The van der Waals surface area contributed by atoms with Gasteiger partial charge < -0.3 is 4.98 Å². The molecular formula is C25H21N3O. The van der Waals surface area contributed by atoms with E-state index in [9.17, 15) is 4.79 Å². The number of rotatable bonds is 5. The number of hydrogen-bond acceptors (Lipinski definition) is 2. The zero-order valence-corrected chi connectivity index (χ0v) is 15.9. The second kappa shape index (κ2) is 7.06. The summed E-state index contributed by atoms with van der Waals surface area (Å²) >= 11 is 0. The Morgan fingerprint density at radius 3 is 2.24 bits per heavy atom. The molecule has 0 radical (unpaired) electrons. The lowest BCUT2D eigenvalue weighted by Gasteiger charge is -2.18. The van der Waals surface area contributed by atoms with Crippen molar-refractivity contribution in [2.24, 2.45) is 11.0 Å². The van der Waals surface area contributed by atoms with Crippen molar-refractivity contribution in [3.8, 4) is 0 Å². The molecule has 2 N–H and O–H groups in total. The molecule has 4 aromatic rings. The van der Waals surface area contributed by atoms with E-state index in [-0.39, 0.29) is 17.2 Å². The van der Waals surface area contributed by atoms with Gasteiger partial charge in [0.15, 0.2) is 0 Å². The van der Waals surface area contributed by atoms with Crippen LogP contribution in [0.5, 0.6) is 0 Å². The second-order valence-corrected chi connectivity index (χ2v) is 7.48. The summed E-state index contributed by atoms with van der Waals surface area (Å²) in [7, 11) is 0. The van der Waals surface area contributed by atoms with Gasteiger partial charge in [0.25, 0.3) is 0 Å². The van der Waals surface area contributed by atoms with Gasteiger partial charge in [-0.1, -0.05) is 78.9 Å². The number of aromatic nitrogens is 1. The third kappa shape index (κ3) is 3.03. The molecule has 1 fully saturated rings. The number of para-hydroxylation sites is 1. The molecule has 1 atom stereocenters. The average molecular weight is 379 g/mol. The normalized spacial score (nSPS) is 17.4. The van der Waals surface area contributed by atoms with Gasteiger partial charge in [-0.2, -0.15) is 5.10 Å². The number of fused-ring (bicyclic) bond motifs is 1. The van der Waals surface area contributed by atoms with Crippen LogP contribution in [0, 0.1) is 5.92 Å². The molecule has 0 aliphatic heterocycles. The third-order valence-corrected chi connectivity index (χ3v) is 5.85. The van der Waals surface area contributed by atoms with Crippen molar-refractivity contribution in [1.82, 2.24) is 10.4 Å². The molecule has 0 saturated heterocycles. The molecule has 1 heterocycles. The first-order valence-corrected chi connectivity index (χ1v) is 9.79. The van der Waals surface area contributed by atoms with Gasteiger partial charge in [0, 0.05) is 28.1 Å². The fraction of sp³-hybridized carbons (Fsp3) is 0.120. The van der Waals surface area contributed by atoms with E-state index >= 15 is 0 Å². The molecule has 29 heavy (non-hydrogen) atoms. The van der Waals surface area contributed by atoms with Gasteiger partial charge in [0.05, 0.1) is 12.1 Å². The number of carbonyl (C=O) groups is 1. The maximum Gasteiger partial charge on any atom is 0.244 e. The summed E-state index contributed by atoms with van der Waals surface area (Å²) in [5.41, 5.74) is 6.83. The summed E-state index contributed by atoms with van der Waals surface area (Å²) in [4.78, 5) is 16.1. The Bertz CT molecular complexity index is 1140.